The summed E-state index contributed by atoms with van der Waals surface area (Å²) in [5, 5.41) is 3.41. The fraction of sp³-hybridized carbons (Fsp3) is 0.250. The van der Waals surface area contributed by atoms with Gasteiger partial charge in [-0.2, -0.15) is 0 Å². The average molecular weight is 278 g/mol. The van der Waals surface area contributed by atoms with Gasteiger partial charge in [-0.15, -0.1) is 11.6 Å². The fourth-order valence-electron chi connectivity index (χ4n) is 2.04. The van der Waals surface area contributed by atoms with Gasteiger partial charge in [0.25, 0.3) is 0 Å². The lowest BCUT2D eigenvalue weighted by atomic mass is 10.1. The number of hydrogen-bond acceptors (Lipinski definition) is 1. The van der Waals surface area contributed by atoms with Crippen LogP contribution in [0, 0.1) is 12.7 Å². The predicted molar refractivity (Wildman–Crippen MR) is 77.9 cm³/mol. The molecule has 0 saturated carbocycles. The third kappa shape index (κ3) is 3.79. The molecule has 19 heavy (non-hydrogen) atoms. The summed E-state index contributed by atoms with van der Waals surface area (Å²) in [6.07, 6.45) is 0. The van der Waals surface area contributed by atoms with Crippen molar-refractivity contribution < 1.29 is 4.39 Å². The summed E-state index contributed by atoms with van der Waals surface area (Å²) in [7, 11) is 0. The molecule has 100 valence electrons. The molecule has 0 aromatic heterocycles. The molecule has 0 bridgehead atoms. The lowest BCUT2D eigenvalue weighted by Gasteiger charge is -2.17. The van der Waals surface area contributed by atoms with Crippen molar-refractivity contribution in [2.24, 2.45) is 0 Å². The summed E-state index contributed by atoms with van der Waals surface area (Å²) in [6, 6.07) is 15.0. The SMILES string of the molecule is Cc1cc(F)ccc1CNC(CCl)c1ccccc1. The third-order valence-corrected chi connectivity index (χ3v) is 3.51. The molecule has 3 heteroatoms. The molecule has 0 fully saturated rings. The summed E-state index contributed by atoms with van der Waals surface area (Å²) >= 11 is 6.01. The summed E-state index contributed by atoms with van der Waals surface area (Å²) in [5.74, 6) is 0.308. The van der Waals surface area contributed by atoms with Gasteiger partial charge in [-0.3, -0.25) is 0 Å². The molecule has 0 amide bonds. The second-order valence-electron chi connectivity index (χ2n) is 4.57. The minimum Gasteiger partial charge on any atom is -0.305 e. The first-order chi connectivity index (χ1) is 9.20. The van der Waals surface area contributed by atoms with Crippen LogP contribution in [0.3, 0.4) is 0 Å². The Morgan fingerprint density at radius 2 is 1.89 bits per heavy atom. The van der Waals surface area contributed by atoms with Gasteiger partial charge in [0, 0.05) is 18.5 Å². The zero-order valence-electron chi connectivity index (χ0n) is 10.9. The van der Waals surface area contributed by atoms with E-state index in [2.05, 4.69) is 17.4 Å². The topological polar surface area (TPSA) is 12.0 Å². The van der Waals surface area contributed by atoms with E-state index in [1.54, 1.807) is 6.07 Å². The number of benzene rings is 2. The summed E-state index contributed by atoms with van der Waals surface area (Å²) in [4.78, 5) is 0. The Morgan fingerprint density at radius 3 is 2.53 bits per heavy atom. The monoisotopic (exact) mass is 277 g/mol. The minimum absolute atomic E-state index is 0.104. The van der Waals surface area contributed by atoms with Crippen molar-refractivity contribution in [1.82, 2.24) is 5.32 Å². The van der Waals surface area contributed by atoms with Crippen LogP contribution in [0.5, 0.6) is 0 Å². The third-order valence-electron chi connectivity index (χ3n) is 3.20. The van der Waals surface area contributed by atoms with Gasteiger partial charge in [0.15, 0.2) is 0 Å². The molecular weight excluding hydrogens is 261 g/mol. The normalized spacial score (nSPS) is 12.4. The molecule has 0 aliphatic carbocycles. The van der Waals surface area contributed by atoms with E-state index in [1.807, 2.05) is 31.2 Å². The van der Waals surface area contributed by atoms with Crippen molar-refractivity contribution in [3.63, 3.8) is 0 Å². The molecule has 0 spiro atoms. The molecule has 0 saturated heterocycles. The molecule has 0 radical (unpaired) electrons. The minimum atomic E-state index is -0.196. The van der Waals surface area contributed by atoms with Crippen molar-refractivity contribution in [2.75, 3.05) is 5.88 Å². The van der Waals surface area contributed by atoms with E-state index in [0.717, 1.165) is 16.7 Å². The Bertz CT molecular complexity index is 528. The van der Waals surface area contributed by atoms with Gasteiger partial charge < -0.3 is 5.32 Å². The Kier molecular flexibility index (Phi) is 4.94. The van der Waals surface area contributed by atoms with Crippen molar-refractivity contribution in [1.29, 1.82) is 0 Å². The molecular formula is C16H17ClFN. The van der Waals surface area contributed by atoms with Crippen molar-refractivity contribution in [3.8, 4) is 0 Å². The molecule has 1 atom stereocenters. The lowest BCUT2D eigenvalue weighted by molar-refractivity contribution is 0.575. The molecule has 1 N–H and O–H groups in total. The van der Waals surface area contributed by atoms with Gasteiger partial charge in [0.2, 0.25) is 0 Å². The molecule has 1 nitrogen and oxygen atoms in total. The van der Waals surface area contributed by atoms with E-state index >= 15 is 0 Å². The standard InChI is InChI=1S/C16H17ClFN/c1-12-9-15(18)8-7-14(12)11-19-16(10-17)13-5-3-2-4-6-13/h2-9,16,19H,10-11H2,1H3. The summed E-state index contributed by atoms with van der Waals surface area (Å²) in [6.45, 7) is 2.59. The van der Waals surface area contributed by atoms with E-state index < -0.39 is 0 Å². The summed E-state index contributed by atoms with van der Waals surface area (Å²) < 4.78 is 13.0. The van der Waals surface area contributed by atoms with Crippen molar-refractivity contribution in [2.45, 2.75) is 19.5 Å². The number of rotatable bonds is 5. The lowest BCUT2D eigenvalue weighted by Crippen LogP contribution is -2.22. The molecule has 2 aromatic carbocycles. The number of hydrogen-bond donors (Lipinski definition) is 1. The first kappa shape index (κ1) is 14.0. The Hall–Kier alpha value is -1.38. The zero-order chi connectivity index (χ0) is 13.7. The van der Waals surface area contributed by atoms with Crippen LogP contribution in [0.4, 0.5) is 4.39 Å². The highest BCUT2D eigenvalue weighted by molar-refractivity contribution is 6.18. The van der Waals surface area contributed by atoms with Crippen LogP contribution in [0.15, 0.2) is 48.5 Å². The maximum atomic E-state index is 13.0. The molecule has 0 heterocycles. The van der Waals surface area contributed by atoms with Gasteiger partial charge in [-0.1, -0.05) is 36.4 Å². The highest BCUT2D eigenvalue weighted by atomic mass is 35.5. The van der Waals surface area contributed by atoms with Crippen LogP contribution in [0.1, 0.15) is 22.7 Å². The second kappa shape index (κ2) is 6.69. The Labute approximate surface area is 118 Å². The van der Waals surface area contributed by atoms with E-state index in [0.29, 0.717) is 12.4 Å². The number of alkyl halides is 1. The first-order valence-corrected chi connectivity index (χ1v) is 6.83. The van der Waals surface area contributed by atoms with Crippen LogP contribution in [0.2, 0.25) is 0 Å². The number of aryl methyl sites for hydroxylation is 1. The van der Waals surface area contributed by atoms with Gasteiger partial charge in [-0.05, 0) is 35.7 Å². The molecule has 0 aliphatic heterocycles. The Balaban J connectivity index is 2.04. The Morgan fingerprint density at radius 1 is 1.16 bits per heavy atom. The van der Waals surface area contributed by atoms with Crippen molar-refractivity contribution in [3.05, 3.63) is 71.0 Å². The fourth-order valence-corrected chi connectivity index (χ4v) is 2.32. The second-order valence-corrected chi connectivity index (χ2v) is 4.88. The molecule has 1 unspecified atom stereocenters. The highest BCUT2D eigenvalue weighted by Gasteiger charge is 2.09. The van der Waals surface area contributed by atoms with E-state index in [-0.39, 0.29) is 11.9 Å². The predicted octanol–water partition coefficient (Wildman–Crippen LogP) is 4.20. The van der Waals surface area contributed by atoms with Crippen LogP contribution >= 0.6 is 11.6 Å². The molecule has 2 aromatic rings. The van der Waals surface area contributed by atoms with E-state index in [9.17, 15) is 4.39 Å². The molecule has 2 rings (SSSR count). The van der Waals surface area contributed by atoms with E-state index in [1.165, 1.54) is 6.07 Å². The smallest absolute Gasteiger partial charge is 0.123 e. The first-order valence-electron chi connectivity index (χ1n) is 6.30. The van der Waals surface area contributed by atoms with Gasteiger partial charge in [0.1, 0.15) is 5.82 Å². The number of halogens is 2. The highest BCUT2D eigenvalue weighted by Crippen LogP contribution is 2.16. The summed E-state index contributed by atoms with van der Waals surface area (Å²) in [5.41, 5.74) is 3.21. The van der Waals surface area contributed by atoms with Crippen LogP contribution < -0.4 is 5.32 Å². The average Bonchev–Trinajstić information content (AvgIpc) is 2.43. The van der Waals surface area contributed by atoms with Crippen molar-refractivity contribution >= 4 is 11.6 Å². The molecule has 0 aliphatic rings. The number of nitrogens with one attached hydrogen (secondary N) is 1. The van der Waals surface area contributed by atoms with Crippen LogP contribution in [0.25, 0.3) is 0 Å². The quantitative estimate of drug-likeness (QED) is 0.808. The van der Waals surface area contributed by atoms with Gasteiger partial charge in [0.05, 0.1) is 0 Å². The van der Waals surface area contributed by atoms with Gasteiger partial charge >= 0.3 is 0 Å². The zero-order valence-corrected chi connectivity index (χ0v) is 11.6. The van der Waals surface area contributed by atoms with Crippen LogP contribution in [-0.4, -0.2) is 5.88 Å². The maximum absolute atomic E-state index is 13.0. The van der Waals surface area contributed by atoms with E-state index in [4.69, 9.17) is 11.6 Å². The van der Waals surface area contributed by atoms with Crippen LogP contribution in [-0.2, 0) is 6.54 Å². The largest absolute Gasteiger partial charge is 0.305 e. The maximum Gasteiger partial charge on any atom is 0.123 e. The van der Waals surface area contributed by atoms with Gasteiger partial charge in [-0.25, -0.2) is 4.39 Å².